The number of nitrogens with zero attached hydrogens (tertiary/aromatic N) is 1. The molecule has 2 aliphatic heterocycles. The Labute approximate surface area is 170 Å². The molecule has 1 saturated heterocycles. The lowest BCUT2D eigenvalue weighted by Gasteiger charge is -2.31. The van der Waals surface area contributed by atoms with E-state index in [9.17, 15) is 13.2 Å². The van der Waals surface area contributed by atoms with Crippen molar-refractivity contribution in [3.8, 4) is 0 Å². The molecule has 0 aliphatic carbocycles. The van der Waals surface area contributed by atoms with Gasteiger partial charge >= 0.3 is 0 Å². The summed E-state index contributed by atoms with van der Waals surface area (Å²) in [7, 11) is -3.57. The second-order valence-corrected chi connectivity index (χ2v) is 9.80. The van der Waals surface area contributed by atoms with Crippen molar-refractivity contribution in [1.29, 1.82) is 0 Å². The van der Waals surface area contributed by atoms with Gasteiger partial charge in [-0.3, -0.25) is 4.79 Å². The molecular formula is C20H23ClN3O3S+. The van der Waals surface area contributed by atoms with Gasteiger partial charge in [0, 0.05) is 16.3 Å². The molecule has 6 nitrogen and oxygen atoms in total. The maximum atomic E-state index is 13.1. The summed E-state index contributed by atoms with van der Waals surface area (Å²) in [5.74, 6) is -0.424. The van der Waals surface area contributed by atoms with Crippen molar-refractivity contribution in [2.24, 2.45) is 0 Å². The normalized spacial score (nSPS) is 20.8. The Bertz CT molecular complexity index is 1020. The van der Waals surface area contributed by atoms with Crippen molar-refractivity contribution in [3.05, 3.63) is 58.6 Å². The van der Waals surface area contributed by atoms with E-state index in [2.05, 4.69) is 5.32 Å². The van der Waals surface area contributed by atoms with Gasteiger partial charge in [-0.1, -0.05) is 23.7 Å². The van der Waals surface area contributed by atoms with Crippen LogP contribution in [0, 0.1) is 0 Å². The Morgan fingerprint density at radius 2 is 1.93 bits per heavy atom. The largest absolute Gasteiger partial charge is 0.329 e. The van der Waals surface area contributed by atoms with Crippen molar-refractivity contribution in [3.63, 3.8) is 0 Å². The minimum Gasteiger partial charge on any atom is -0.329 e. The Morgan fingerprint density at radius 3 is 2.64 bits per heavy atom. The molecule has 1 amide bonds. The first-order valence-electron chi connectivity index (χ1n) is 9.37. The SMILES string of the molecule is C[C@@H]1C(=O)Nc2ccc(S(=O)(=O)N3CC[NH+](Cc4cccc(Cl)c4)CC3)cc21. The van der Waals surface area contributed by atoms with Gasteiger partial charge in [0.25, 0.3) is 0 Å². The van der Waals surface area contributed by atoms with Crippen molar-refractivity contribution in [2.75, 3.05) is 31.5 Å². The van der Waals surface area contributed by atoms with Crippen LogP contribution in [0.5, 0.6) is 0 Å². The van der Waals surface area contributed by atoms with E-state index in [1.807, 2.05) is 24.3 Å². The molecule has 4 rings (SSSR count). The van der Waals surface area contributed by atoms with Gasteiger partial charge in [-0.15, -0.1) is 0 Å². The number of benzene rings is 2. The number of amides is 1. The van der Waals surface area contributed by atoms with Crippen LogP contribution in [0.2, 0.25) is 5.02 Å². The summed E-state index contributed by atoms with van der Waals surface area (Å²) in [6.07, 6.45) is 0. The fourth-order valence-electron chi connectivity index (χ4n) is 3.86. The second kappa shape index (κ2) is 7.48. The molecule has 2 N–H and O–H groups in total. The summed E-state index contributed by atoms with van der Waals surface area (Å²) >= 11 is 6.05. The molecule has 2 aromatic rings. The number of rotatable bonds is 4. The summed E-state index contributed by atoms with van der Waals surface area (Å²) < 4.78 is 27.7. The van der Waals surface area contributed by atoms with E-state index in [4.69, 9.17) is 11.6 Å². The third kappa shape index (κ3) is 3.67. The van der Waals surface area contributed by atoms with E-state index >= 15 is 0 Å². The molecule has 1 atom stereocenters. The van der Waals surface area contributed by atoms with E-state index < -0.39 is 10.0 Å². The van der Waals surface area contributed by atoms with Gasteiger partial charge in [-0.05, 0) is 42.8 Å². The highest BCUT2D eigenvalue weighted by molar-refractivity contribution is 7.89. The minimum absolute atomic E-state index is 0.0947. The van der Waals surface area contributed by atoms with Crippen molar-refractivity contribution in [1.82, 2.24) is 4.31 Å². The quantitative estimate of drug-likeness (QED) is 0.787. The molecule has 2 aromatic carbocycles. The molecule has 1 fully saturated rings. The first-order valence-corrected chi connectivity index (χ1v) is 11.2. The van der Waals surface area contributed by atoms with Crippen LogP contribution in [0.15, 0.2) is 47.4 Å². The van der Waals surface area contributed by atoms with Crippen LogP contribution in [0.25, 0.3) is 0 Å². The van der Waals surface area contributed by atoms with Gasteiger partial charge in [0.1, 0.15) is 6.54 Å². The summed E-state index contributed by atoms with van der Waals surface area (Å²) in [5, 5.41) is 3.50. The number of fused-ring (bicyclic) bond motifs is 1. The molecule has 148 valence electrons. The monoisotopic (exact) mass is 420 g/mol. The highest BCUT2D eigenvalue weighted by Crippen LogP contribution is 2.34. The number of nitrogens with one attached hydrogen (secondary N) is 2. The summed E-state index contributed by atoms with van der Waals surface area (Å²) in [5.41, 5.74) is 2.60. The van der Waals surface area contributed by atoms with E-state index in [-0.39, 0.29) is 16.7 Å². The van der Waals surface area contributed by atoms with Crippen molar-refractivity contribution in [2.45, 2.75) is 24.3 Å². The molecule has 0 aromatic heterocycles. The fraction of sp³-hybridized carbons (Fsp3) is 0.350. The number of halogens is 1. The summed E-state index contributed by atoms with van der Waals surface area (Å²) in [6, 6.07) is 12.7. The zero-order valence-electron chi connectivity index (χ0n) is 15.6. The van der Waals surface area contributed by atoms with Gasteiger partial charge in [-0.25, -0.2) is 8.42 Å². The Morgan fingerprint density at radius 1 is 1.18 bits per heavy atom. The number of piperazine rings is 1. The topological polar surface area (TPSA) is 70.9 Å². The van der Waals surface area contributed by atoms with Crippen LogP contribution in [0.4, 0.5) is 5.69 Å². The van der Waals surface area contributed by atoms with Gasteiger partial charge in [0.05, 0.1) is 37.0 Å². The zero-order chi connectivity index (χ0) is 19.9. The van der Waals surface area contributed by atoms with Crippen LogP contribution in [-0.4, -0.2) is 44.8 Å². The highest BCUT2D eigenvalue weighted by atomic mass is 35.5. The third-order valence-electron chi connectivity index (χ3n) is 5.55. The molecular weight excluding hydrogens is 398 g/mol. The average molecular weight is 421 g/mol. The molecule has 0 bridgehead atoms. The second-order valence-electron chi connectivity index (χ2n) is 7.42. The van der Waals surface area contributed by atoms with Gasteiger partial charge < -0.3 is 10.2 Å². The molecule has 0 saturated carbocycles. The molecule has 2 heterocycles. The number of carbonyl (C=O) groups excluding carboxylic acids is 1. The van der Waals surface area contributed by atoms with E-state index in [0.717, 1.165) is 35.8 Å². The van der Waals surface area contributed by atoms with Crippen LogP contribution in [0.3, 0.4) is 0 Å². The van der Waals surface area contributed by atoms with Gasteiger partial charge in [-0.2, -0.15) is 4.31 Å². The van der Waals surface area contributed by atoms with Crippen LogP contribution < -0.4 is 10.2 Å². The summed E-state index contributed by atoms with van der Waals surface area (Å²) in [4.78, 5) is 13.4. The number of carbonyl (C=O) groups is 1. The minimum atomic E-state index is -3.57. The predicted octanol–water partition coefficient (Wildman–Crippen LogP) is 1.49. The fourth-order valence-corrected chi connectivity index (χ4v) is 5.55. The Hall–Kier alpha value is -1.93. The molecule has 2 aliphatic rings. The van der Waals surface area contributed by atoms with Crippen molar-refractivity contribution < 1.29 is 18.1 Å². The van der Waals surface area contributed by atoms with E-state index in [1.54, 1.807) is 29.4 Å². The Balaban J connectivity index is 1.45. The average Bonchev–Trinajstić information content (AvgIpc) is 2.96. The van der Waals surface area contributed by atoms with Gasteiger partial charge in [0.2, 0.25) is 15.9 Å². The Kier molecular flexibility index (Phi) is 5.18. The number of anilines is 1. The molecule has 8 heteroatoms. The smallest absolute Gasteiger partial charge is 0.243 e. The molecule has 0 spiro atoms. The number of sulfonamides is 1. The third-order valence-corrected chi connectivity index (χ3v) is 7.68. The lowest BCUT2D eigenvalue weighted by atomic mass is 10.0. The highest BCUT2D eigenvalue weighted by Gasteiger charge is 2.33. The van der Waals surface area contributed by atoms with E-state index in [0.29, 0.717) is 18.8 Å². The van der Waals surface area contributed by atoms with Crippen LogP contribution in [0.1, 0.15) is 24.0 Å². The molecule has 28 heavy (non-hydrogen) atoms. The van der Waals surface area contributed by atoms with Crippen molar-refractivity contribution >= 4 is 33.2 Å². The lowest BCUT2D eigenvalue weighted by Crippen LogP contribution is -3.13. The van der Waals surface area contributed by atoms with Crippen LogP contribution in [-0.2, 0) is 21.4 Å². The molecule has 0 unspecified atom stereocenters. The number of quaternary nitrogens is 1. The predicted molar refractivity (Wildman–Crippen MR) is 108 cm³/mol. The first kappa shape index (κ1) is 19.4. The number of hydrogen-bond acceptors (Lipinski definition) is 3. The molecule has 0 radical (unpaired) electrons. The number of hydrogen-bond donors (Lipinski definition) is 2. The van der Waals surface area contributed by atoms with Crippen LogP contribution >= 0.6 is 11.6 Å². The zero-order valence-corrected chi connectivity index (χ0v) is 17.2. The maximum absolute atomic E-state index is 13.1. The first-order chi connectivity index (χ1) is 13.3. The van der Waals surface area contributed by atoms with Gasteiger partial charge in [0.15, 0.2) is 0 Å². The lowest BCUT2D eigenvalue weighted by molar-refractivity contribution is -0.917. The standard InChI is InChI=1S/C20H22ClN3O3S/c1-14-18-12-17(5-6-19(18)22-20(14)25)28(26,27)24-9-7-23(8-10-24)13-15-3-2-4-16(21)11-15/h2-6,11-12,14H,7-10,13H2,1H3,(H,22,25)/p+1/t14-/m0/s1. The maximum Gasteiger partial charge on any atom is 0.243 e. The van der Waals surface area contributed by atoms with E-state index in [1.165, 1.54) is 4.90 Å². The summed E-state index contributed by atoms with van der Waals surface area (Å²) in [6.45, 7) is 5.05.